The van der Waals surface area contributed by atoms with Crippen LogP contribution in [0.15, 0.2) is 65.2 Å². The second-order valence-electron chi connectivity index (χ2n) is 7.31. The van der Waals surface area contributed by atoms with Gasteiger partial charge in [-0.1, -0.05) is 53.2 Å². The Morgan fingerprint density at radius 3 is 2.61 bits per heavy atom. The van der Waals surface area contributed by atoms with Gasteiger partial charge in [0.15, 0.2) is 0 Å². The Bertz CT molecular complexity index is 1330. The Morgan fingerprint density at radius 2 is 1.81 bits per heavy atom. The van der Waals surface area contributed by atoms with E-state index in [0.29, 0.717) is 22.0 Å². The molecule has 7 nitrogen and oxygen atoms in total. The average Bonchev–Trinajstić information content (AvgIpc) is 3.34. The largest absolute Gasteiger partial charge is 0.337 e. The predicted octanol–water partition coefficient (Wildman–Crippen LogP) is 4.16. The summed E-state index contributed by atoms with van der Waals surface area (Å²) in [5.41, 5.74) is 2.02. The number of aromatic nitrogens is 2. The van der Waals surface area contributed by atoms with Gasteiger partial charge in [-0.05, 0) is 29.7 Å². The van der Waals surface area contributed by atoms with E-state index >= 15 is 0 Å². The first-order chi connectivity index (χ1) is 15.0. The van der Waals surface area contributed by atoms with Crippen LogP contribution in [-0.4, -0.2) is 40.4 Å². The van der Waals surface area contributed by atoms with Crippen LogP contribution in [0.3, 0.4) is 0 Å². The number of carbonyl (C=O) groups is 2. The molecule has 5 rings (SSSR count). The average molecular weight is 433 g/mol. The van der Waals surface area contributed by atoms with Gasteiger partial charge in [-0.15, -0.1) is 0 Å². The maximum Gasteiger partial charge on any atom is 0.259 e. The minimum Gasteiger partial charge on any atom is -0.337 e. The highest BCUT2D eigenvalue weighted by Crippen LogP contribution is 2.37. The first kappa shape index (κ1) is 19.3. The number of nitrogens with zero attached hydrogens (tertiary/aromatic N) is 4. The number of halogens is 1. The maximum atomic E-state index is 12.9. The van der Waals surface area contributed by atoms with Crippen LogP contribution in [0.4, 0.5) is 5.69 Å². The molecule has 1 aliphatic heterocycles. The smallest absolute Gasteiger partial charge is 0.259 e. The molecule has 3 aromatic carbocycles. The third-order valence-corrected chi connectivity index (χ3v) is 5.65. The first-order valence-corrected chi connectivity index (χ1v) is 10.1. The summed E-state index contributed by atoms with van der Waals surface area (Å²) in [4.78, 5) is 33.1. The normalized spacial score (nSPS) is 12.6. The molecule has 8 heteroatoms. The Kier molecular flexibility index (Phi) is 4.67. The van der Waals surface area contributed by atoms with Crippen LogP contribution in [-0.2, 0) is 11.3 Å². The van der Waals surface area contributed by atoms with Crippen molar-refractivity contribution in [2.45, 2.75) is 6.54 Å². The van der Waals surface area contributed by atoms with Crippen LogP contribution in [0.25, 0.3) is 22.2 Å². The van der Waals surface area contributed by atoms with Gasteiger partial charge in [0.25, 0.3) is 5.91 Å². The van der Waals surface area contributed by atoms with Crippen LogP contribution in [0.1, 0.15) is 16.2 Å². The Hall–Kier alpha value is -3.71. The molecule has 0 spiro atoms. The topological polar surface area (TPSA) is 79.5 Å². The number of benzene rings is 3. The van der Waals surface area contributed by atoms with Gasteiger partial charge in [-0.2, -0.15) is 4.98 Å². The molecule has 0 saturated carbocycles. The van der Waals surface area contributed by atoms with Crippen molar-refractivity contribution in [1.29, 1.82) is 0 Å². The van der Waals surface area contributed by atoms with E-state index in [1.165, 1.54) is 9.80 Å². The van der Waals surface area contributed by atoms with Crippen molar-refractivity contribution in [1.82, 2.24) is 15.0 Å². The fraction of sp³-hybridized carbons (Fsp3) is 0.130. The number of rotatable bonds is 5. The lowest BCUT2D eigenvalue weighted by Gasteiger charge is -2.21. The van der Waals surface area contributed by atoms with E-state index in [9.17, 15) is 9.59 Å². The van der Waals surface area contributed by atoms with Crippen molar-refractivity contribution < 1.29 is 14.1 Å². The molecule has 2 heterocycles. The summed E-state index contributed by atoms with van der Waals surface area (Å²) in [6, 6.07) is 18.5. The molecule has 154 valence electrons. The van der Waals surface area contributed by atoms with Crippen LogP contribution in [0, 0.1) is 0 Å². The summed E-state index contributed by atoms with van der Waals surface area (Å²) in [6.45, 7) is 0.0457. The first-order valence-electron chi connectivity index (χ1n) is 9.68. The molecular weight excluding hydrogens is 416 g/mol. The van der Waals surface area contributed by atoms with Crippen molar-refractivity contribution >= 4 is 39.9 Å². The molecule has 0 N–H and O–H groups in total. The third-order valence-electron chi connectivity index (χ3n) is 5.32. The van der Waals surface area contributed by atoms with Gasteiger partial charge >= 0.3 is 0 Å². The standard InChI is InChI=1S/C23H17ClN4O3/c1-27(12-19-25-22(26-31-19)15-8-2-3-10-17(15)24)20(29)13-28-18-11-5-7-14-6-4-9-16(21(14)18)23(28)30/h2-11H,12-13H2,1H3. The fourth-order valence-electron chi connectivity index (χ4n) is 3.75. The zero-order valence-corrected chi connectivity index (χ0v) is 17.3. The van der Waals surface area contributed by atoms with Crippen LogP contribution in [0.2, 0.25) is 5.02 Å². The van der Waals surface area contributed by atoms with Crippen LogP contribution in [0.5, 0.6) is 0 Å². The highest BCUT2D eigenvalue weighted by atomic mass is 35.5. The molecule has 0 aliphatic carbocycles. The molecule has 0 radical (unpaired) electrons. The van der Waals surface area contributed by atoms with E-state index in [4.69, 9.17) is 16.1 Å². The molecule has 31 heavy (non-hydrogen) atoms. The quantitative estimate of drug-likeness (QED) is 0.473. The summed E-state index contributed by atoms with van der Waals surface area (Å²) in [6.07, 6.45) is 0. The maximum absolute atomic E-state index is 12.9. The second kappa shape index (κ2) is 7.52. The fourth-order valence-corrected chi connectivity index (χ4v) is 3.97. The van der Waals surface area contributed by atoms with Crippen LogP contribution < -0.4 is 4.90 Å². The van der Waals surface area contributed by atoms with E-state index in [2.05, 4.69) is 10.1 Å². The summed E-state index contributed by atoms with van der Waals surface area (Å²) >= 11 is 6.18. The predicted molar refractivity (Wildman–Crippen MR) is 117 cm³/mol. The van der Waals surface area contributed by atoms with Gasteiger partial charge in [-0.25, -0.2) is 0 Å². The Balaban J connectivity index is 1.32. The van der Waals surface area contributed by atoms with Crippen molar-refractivity contribution in [2.75, 3.05) is 18.5 Å². The van der Waals surface area contributed by atoms with E-state index in [1.54, 1.807) is 25.2 Å². The zero-order chi connectivity index (χ0) is 21.5. The highest BCUT2D eigenvalue weighted by molar-refractivity contribution is 6.33. The molecule has 1 aromatic heterocycles. The van der Waals surface area contributed by atoms with Gasteiger partial charge in [0.1, 0.15) is 6.54 Å². The van der Waals surface area contributed by atoms with Crippen molar-refractivity contribution in [3.8, 4) is 11.4 Å². The summed E-state index contributed by atoms with van der Waals surface area (Å²) in [7, 11) is 1.63. The lowest BCUT2D eigenvalue weighted by atomic mass is 10.1. The Morgan fingerprint density at radius 1 is 1.06 bits per heavy atom. The lowest BCUT2D eigenvalue weighted by molar-refractivity contribution is -0.129. The molecule has 0 bridgehead atoms. The molecule has 1 aliphatic rings. The van der Waals surface area contributed by atoms with E-state index in [1.807, 2.05) is 42.5 Å². The third kappa shape index (κ3) is 3.33. The monoisotopic (exact) mass is 432 g/mol. The summed E-state index contributed by atoms with van der Waals surface area (Å²) in [5.74, 6) is 0.227. The summed E-state index contributed by atoms with van der Waals surface area (Å²) in [5, 5.41) is 6.33. The molecular formula is C23H17ClN4O3. The van der Waals surface area contributed by atoms with Crippen molar-refractivity contribution in [2.24, 2.45) is 0 Å². The van der Waals surface area contributed by atoms with Crippen molar-refractivity contribution in [3.05, 3.63) is 77.1 Å². The second-order valence-corrected chi connectivity index (χ2v) is 7.72. The lowest BCUT2D eigenvalue weighted by Crippen LogP contribution is -2.39. The van der Waals surface area contributed by atoms with Gasteiger partial charge in [0, 0.05) is 23.6 Å². The number of amides is 2. The minimum absolute atomic E-state index is 0.0748. The number of hydrogen-bond acceptors (Lipinski definition) is 5. The number of anilines is 1. The van der Waals surface area contributed by atoms with E-state index in [0.717, 1.165) is 16.5 Å². The van der Waals surface area contributed by atoms with E-state index in [-0.39, 0.29) is 30.8 Å². The summed E-state index contributed by atoms with van der Waals surface area (Å²) < 4.78 is 5.29. The molecule has 0 unspecified atom stereocenters. The Labute approximate surface area is 182 Å². The zero-order valence-electron chi connectivity index (χ0n) is 16.6. The van der Waals surface area contributed by atoms with Crippen molar-refractivity contribution in [3.63, 3.8) is 0 Å². The van der Waals surface area contributed by atoms with E-state index < -0.39 is 0 Å². The number of carbonyl (C=O) groups excluding carboxylic acids is 2. The van der Waals surface area contributed by atoms with Gasteiger partial charge in [-0.3, -0.25) is 14.5 Å². The highest BCUT2D eigenvalue weighted by Gasteiger charge is 2.31. The minimum atomic E-state index is -0.240. The SMILES string of the molecule is CN(Cc1nc(-c2ccccc2Cl)no1)C(=O)CN1C(=O)c2cccc3cccc1c23. The number of likely N-dealkylation sites (N-methyl/N-ethyl adjacent to an activating group) is 1. The van der Waals surface area contributed by atoms with Crippen LogP contribution >= 0.6 is 11.6 Å². The molecule has 0 atom stereocenters. The van der Waals surface area contributed by atoms with Gasteiger partial charge in [0.2, 0.25) is 17.6 Å². The van der Waals surface area contributed by atoms with Gasteiger partial charge in [0.05, 0.1) is 17.3 Å². The molecule has 0 fully saturated rings. The molecule has 4 aromatic rings. The van der Waals surface area contributed by atoms with Gasteiger partial charge < -0.3 is 9.42 Å². The molecule has 2 amide bonds. The number of hydrogen-bond donors (Lipinski definition) is 0. The molecule has 0 saturated heterocycles.